The van der Waals surface area contributed by atoms with Gasteiger partial charge < -0.3 is 9.64 Å². The molecule has 1 saturated carbocycles. The van der Waals surface area contributed by atoms with Gasteiger partial charge in [-0.05, 0) is 31.5 Å². The summed E-state index contributed by atoms with van der Waals surface area (Å²) in [6.45, 7) is 7.42. The van der Waals surface area contributed by atoms with Crippen LogP contribution in [0.5, 0.6) is 0 Å². The van der Waals surface area contributed by atoms with Crippen LogP contribution in [0.3, 0.4) is 0 Å². The van der Waals surface area contributed by atoms with Gasteiger partial charge in [-0.2, -0.15) is 0 Å². The highest BCUT2D eigenvalue weighted by Gasteiger charge is 2.40. The van der Waals surface area contributed by atoms with Crippen LogP contribution in [0.25, 0.3) is 0 Å². The Kier molecular flexibility index (Phi) is 5.90. The van der Waals surface area contributed by atoms with E-state index in [-0.39, 0.29) is 24.1 Å². The summed E-state index contributed by atoms with van der Waals surface area (Å²) in [6, 6.07) is 10.3. The van der Waals surface area contributed by atoms with Gasteiger partial charge in [0, 0.05) is 6.54 Å². The lowest BCUT2D eigenvalue weighted by molar-refractivity contribution is -0.155. The largest absolute Gasteiger partial charge is 0.374 e. The van der Waals surface area contributed by atoms with Crippen molar-refractivity contribution in [3.8, 4) is 0 Å². The number of likely N-dealkylation sites (N-methyl/N-ethyl adjacent to an activating group) is 1. The second kappa shape index (κ2) is 8.13. The molecule has 0 N–H and O–H groups in total. The molecule has 1 heterocycles. The van der Waals surface area contributed by atoms with Gasteiger partial charge in [0.1, 0.15) is 6.04 Å². The highest BCUT2D eigenvalue weighted by Crippen LogP contribution is 2.32. The van der Waals surface area contributed by atoms with Crippen LogP contribution in [0.4, 0.5) is 0 Å². The van der Waals surface area contributed by atoms with Gasteiger partial charge in [0.05, 0.1) is 18.8 Å². The molecule has 4 nitrogen and oxygen atoms in total. The normalized spacial score (nSPS) is 25.4. The third-order valence-corrected chi connectivity index (χ3v) is 5.54. The van der Waals surface area contributed by atoms with Crippen LogP contribution in [0.15, 0.2) is 30.3 Å². The van der Waals surface area contributed by atoms with E-state index in [1.54, 1.807) is 0 Å². The fourth-order valence-electron chi connectivity index (χ4n) is 4.26. The monoisotopic (exact) mass is 330 g/mol. The minimum atomic E-state index is -0.179. The first-order valence-corrected chi connectivity index (χ1v) is 9.47. The van der Waals surface area contributed by atoms with E-state index in [2.05, 4.69) is 35.8 Å². The number of rotatable bonds is 5. The third-order valence-electron chi connectivity index (χ3n) is 5.54. The molecular weight excluding hydrogens is 300 g/mol. The van der Waals surface area contributed by atoms with Crippen LogP contribution in [-0.2, 0) is 9.53 Å². The summed E-state index contributed by atoms with van der Waals surface area (Å²) in [4.78, 5) is 17.9. The number of morpholine rings is 1. The maximum absolute atomic E-state index is 13.5. The summed E-state index contributed by atoms with van der Waals surface area (Å²) in [6.07, 6.45) is 4.84. The maximum Gasteiger partial charge on any atom is 0.244 e. The predicted molar refractivity (Wildman–Crippen MR) is 95.8 cm³/mol. The molecule has 3 rings (SSSR count). The first kappa shape index (κ1) is 17.4. The molecular formula is C20H30N2O2. The molecule has 1 aromatic carbocycles. The van der Waals surface area contributed by atoms with Gasteiger partial charge in [0.15, 0.2) is 0 Å². The zero-order chi connectivity index (χ0) is 16.9. The predicted octanol–water partition coefficient (Wildman–Crippen LogP) is 3.24. The third kappa shape index (κ3) is 3.50. The van der Waals surface area contributed by atoms with E-state index in [1.807, 2.05) is 18.2 Å². The first-order chi connectivity index (χ1) is 11.8. The molecule has 0 bridgehead atoms. The van der Waals surface area contributed by atoms with Crippen molar-refractivity contribution in [3.63, 3.8) is 0 Å². The van der Waals surface area contributed by atoms with Crippen LogP contribution >= 0.6 is 0 Å². The summed E-state index contributed by atoms with van der Waals surface area (Å²) >= 11 is 0. The molecule has 2 aliphatic rings. The Morgan fingerprint density at radius 1 is 1.21 bits per heavy atom. The molecule has 24 heavy (non-hydrogen) atoms. The zero-order valence-electron chi connectivity index (χ0n) is 15.0. The van der Waals surface area contributed by atoms with Crippen LogP contribution in [-0.4, -0.2) is 54.1 Å². The number of fused-ring (bicyclic) bond motifs is 1. The topological polar surface area (TPSA) is 32.8 Å². The Hall–Kier alpha value is -1.39. The van der Waals surface area contributed by atoms with Gasteiger partial charge in [0.25, 0.3) is 0 Å². The van der Waals surface area contributed by atoms with Crippen molar-refractivity contribution in [2.24, 2.45) is 0 Å². The van der Waals surface area contributed by atoms with E-state index < -0.39 is 0 Å². The number of carbonyl (C=O) groups is 1. The SMILES string of the molecule is CCN(CC)C(C(=O)N1CCOC2CCCCC21)c1ccccc1. The van der Waals surface area contributed by atoms with E-state index in [9.17, 15) is 4.79 Å². The first-order valence-electron chi connectivity index (χ1n) is 9.47. The van der Waals surface area contributed by atoms with Crippen LogP contribution < -0.4 is 0 Å². The highest BCUT2D eigenvalue weighted by molar-refractivity contribution is 5.83. The van der Waals surface area contributed by atoms with Crippen molar-refractivity contribution >= 4 is 5.91 Å². The summed E-state index contributed by atoms with van der Waals surface area (Å²) < 4.78 is 5.95. The van der Waals surface area contributed by atoms with E-state index >= 15 is 0 Å². The Morgan fingerprint density at radius 2 is 1.92 bits per heavy atom. The lowest BCUT2D eigenvalue weighted by Crippen LogP contribution is -2.57. The Balaban J connectivity index is 1.87. The minimum Gasteiger partial charge on any atom is -0.374 e. The van der Waals surface area contributed by atoms with Crippen molar-refractivity contribution in [2.45, 2.75) is 57.7 Å². The van der Waals surface area contributed by atoms with Gasteiger partial charge in [-0.3, -0.25) is 9.69 Å². The molecule has 1 amide bonds. The highest BCUT2D eigenvalue weighted by atomic mass is 16.5. The zero-order valence-corrected chi connectivity index (χ0v) is 15.0. The Morgan fingerprint density at radius 3 is 2.62 bits per heavy atom. The Bertz CT molecular complexity index is 528. The lowest BCUT2D eigenvalue weighted by atomic mass is 9.89. The van der Waals surface area contributed by atoms with Crippen molar-refractivity contribution in [1.29, 1.82) is 0 Å². The fourth-order valence-corrected chi connectivity index (χ4v) is 4.26. The van der Waals surface area contributed by atoms with Crippen LogP contribution in [0.1, 0.15) is 51.1 Å². The summed E-state index contributed by atoms with van der Waals surface area (Å²) in [5.74, 6) is 0.255. The fraction of sp³-hybridized carbons (Fsp3) is 0.650. The van der Waals surface area contributed by atoms with E-state index in [0.29, 0.717) is 6.61 Å². The van der Waals surface area contributed by atoms with Gasteiger partial charge in [-0.25, -0.2) is 0 Å². The molecule has 3 unspecified atom stereocenters. The second-order valence-electron chi connectivity index (χ2n) is 6.83. The van der Waals surface area contributed by atoms with Gasteiger partial charge in [0.2, 0.25) is 5.91 Å². The minimum absolute atomic E-state index is 0.179. The molecule has 3 atom stereocenters. The number of ether oxygens (including phenoxy) is 1. The number of hydrogen-bond donors (Lipinski definition) is 0. The average molecular weight is 330 g/mol. The van der Waals surface area contributed by atoms with E-state index in [0.717, 1.165) is 38.0 Å². The second-order valence-corrected chi connectivity index (χ2v) is 6.83. The van der Waals surface area contributed by atoms with Crippen molar-refractivity contribution in [3.05, 3.63) is 35.9 Å². The quantitative estimate of drug-likeness (QED) is 0.831. The molecule has 0 radical (unpaired) electrons. The molecule has 2 fully saturated rings. The molecule has 1 aromatic rings. The summed E-state index contributed by atoms with van der Waals surface area (Å²) in [5.41, 5.74) is 1.10. The van der Waals surface area contributed by atoms with Gasteiger partial charge >= 0.3 is 0 Å². The number of nitrogens with zero attached hydrogens (tertiary/aromatic N) is 2. The maximum atomic E-state index is 13.5. The molecule has 0 spiro atoms. The average Bonchev–Trinajstić information content (AvgIpc) is 2.65. The molecule has 132 valence electrons. The molecule has 4 heteroatoms. The van der Waals surface area contributed by atoms with Crippen LogP contribution in [0.2, 0.25) is 0 Å². The van der Waals surface area contributed by atoms with Crippen molar-refractivity contribution in [1.82, 2.24) is 9.80 Å². The smallest absolute Gasteiger partial charge is 0.244 e. The molecule has 1 saturated heterocycles. The standard InChI is InChI=1S/C20H30N2O2/c1-3-21(4-2)19(16-10-6-5-7-11-16)20(23)22-14-15-24-18-13-9-8-12-17(18)22/h5-7,10-11,17-19H,3-4,8-9,12-15H2,1-2H3. The van der Waals surface area contributed by atoms with Crippen molar-refractivity contribution in [2.75, 3.05) is 26.2 Å². The van der Waals surface area contributed by atoms with Gasteiger partial charge in [-0.15, -0.1) is 0 Å². The summed E-state index contributed by atoms with van der Waals surface area (Å²) in [5, 5.41) is 0. The number of carbonyl (C=O) groups excluding carboxylic acids is 1. The Labute approximate surface area is 145 Å². The molecule has 1 aliphatic heterocycles. The van der Waals surface area contributed by atoms with Gasteiger partial charge in [-0.1, -0.05) is 57.0 Å². The summed E-state index contributed by atoms with van der Waals surface area (Å²) in [7, 11) is 0. The van der Waals surface area contributed by atoms with Crippen LogP contribution in [0, 0.1) is 0 Å². The van der Waals surface area contributed by atoms with E-state index in [1.165, 1.54) is 12.8 Å². The van der Waals surface area contributed by atoms with Crippen molar-refractivity contribution < 1.29 is 9.53 Å². The number of amides is 1. The van der Waals surface area contributed by atoms with E-state index in [4.69, 9.17) is 4.74 Å². The molecule has 1 aliphatic carbocycles. The molecule has 0 aromatic heterocycles. The number of hydrogen-bond acceptors (Lipinski definition) is 3. The lowest BCUT2D eigenvalue weighted by Gasteiger charge is -2.46. The number of benzene rings is 1.